The lowest BCUT2D eigenvalue weighted by atomic mass is 9.93. The number of nitrogens with zero attached hydrogens (tertiary/aromatic N) is 1. The first kappa shape index (κ1) is 11.9. The molecule has 0 saturated carbocycles. The van der Waals surface area contributed by atoms with E-state index in [-0.39, 0.29) is 11.1 Å². The normalized spacial score (nSPS) is 14.0. The van der Waals surface area contributed by atoms with Gasteiger partial charge in [-0.25, -0.2) is 0 Å². The van der Waals surface area contributed by atoms with Crippen LogP contribution in [0.1, 0.15) is 54.4 Å². The van der Waals surface area contributed by atoms with Gasteiger partial charge in [-0.15, -0.1) is 9.60 Å². The van der Waals surface area contributed by atoms with Gasteiger partial charge in [-0.2, -0.15) is 0 Å². The van der Waals surface area contributed by atoms with Crippen LogP contribution in [0.5, 0.6) is 0 Å². The minimum atomic E-state index is -0.348. The van der Waals surface area contributed by atoms with E-state index in [0.29, 0.717) is 0 Å². The minimum absolute atomic E-state index is 0.348. The second kappa shape index (κ2) is 3.73. The quantitative estimate of drug-likeness (QED) is 0.591. The molecule has 1 nitrogen and oxygen atoms in total. The van der Waals surface area contributed by atoms with Crippen molar-refractivity contribution in [3.8, 4) is 0 Å². The second-order valence-electron chi connectivity index (χ2n) is 4.61. The summed E-state index contributed by atoms with van der Waals surface area (Å²) in [6.07, 6.45) is 1.65. The van der Waals surface area contributed by atoms with Crippen molar-refractivity contribution < 1.29 is 4.48 Å². The van der Waals surface area contributed by atoms with Gasteiger partial charge in [0.25, 0.3) is 0 Å². The van der Waals surface area contributed by atoms with Crippen LogP contribution in [-0.4, -0.2) is 16.2 Å². The first-order chi connectivity index (χ1) is 5.28. The Hall–Kier alpha value is -0.110. The zero-order chi connectivity index (χ0) is 9.99. The Labute approximate surface area is 75.9 Å². The second-order valence-corrected chi connectivity index (χ2v) is 4.61. The van der Waals surface area contributed by atoms with Gasteiger partial charge in [0.15, 0.2) is 0 Å². The summed E-state index contributed by atoms with van der Waals surface area (Å²) in [4.78, 5) is 0. The third kappa shape index (κ3) is 2.44. The summed E-state index contributed by atoms with van der Waals surface area (Å²) in [6.45, 7) is 11.8. The molecule has 0 radical (unpaired) electrons. The van der Waals surface area contributed by atoms with Crippen LogP contribution in [0.25, 0.3) is 0 Å². The molecule has 0 aromatic heterocycles. The van der Waals surface area contributed by atoms with E-state index in [2.05, 4.69) is 0 Å². The van der Waals surface area contributed by atoms with Crippen LogP contribution < -0.4 is 0 Å². The number of halogens is 1. The maximum absolute atomic E-state index is 13.8. The van der Waals surface area contributed by atoms with Crippen molar-refractivity contribution >= 4 is 0 Å². The molecule has 0 aliphatic carbocycles. The highest BCUT2D eigenvalue weighted by molar-refractivity contribution is 4.85. The Kier molecular flexibility index (Phi) is 3.70. The van der Waals surface area contributed by atoms with Gasteiger partial charge in [-0.1, -0.05) is 13.8 Å². The van der Waals surface area contributed by atoms with Crippen molar-refractivity contribution in [2.45, 2.75) is 65.5 Å². The molecule has 12 heavy (non-hydrogen) atoms. The van der Waals surface area contributed by atoms with Crippen LogP contribution >= 0.6 is 0 Å². The van der Waals surface area contributed by atoms with Crippen LogP contribution in [0, 0.1) is 0 Å². The fourth-order valence-corrected chi connectivity index (χ4v) is 1.10. The van der Waals surface area contributed by atoms with Crippen LogP contribution in [-0.2, 0) is 0 Å². The lowest BCUT2D eigenvalue weighted by molar-refractivity contribution is -0.145. The summed E-state index contributed by atoms with van der Waals surface area (Å²) >= 11 is 0. The molecule has 0 unspecified atom stereocenters. The molecule has 0 spiro atoms. The lowest BCUT2D eigenvalue weighted by Crippen LogP contribution is -2.49. The van der Waals surface area contributed by atoms with Gasteiger partial charge in [-0.05, 0) is 40.5 Å². The molecule has 0 N–H and O–H groups in total. The third-order valence-electron chi connectivity index (χ3n) is 2.79. The third-order valence-corrected chi connectivity index (χ3v) is 2.79. The topological polar surface area (TPSA) is 3.24 Å². The fraction of sp³-hybridized carbons (Fsp3) is 1.00. The molecule has 0 aromatic rings. The van der Waals surface area contributed by atoms with Gasteiger partial charge in [0.2, 0.25) is 0 Å². The largest absolute Gasteiger partial charge is 0.135 e. The van der Waals surface area contributed by atoms with Gasteiger partial charge in [0.05, 0.1) is 0 Å². The molecule has 0 bridgehead atoms. The molecule has 0 amide bonds. The molecule has 0 rings (SSSR count). The predicted octanol–water partition coefficient (Wildman–Crippen LogP) is 3.55. The Morgan fingerprint density at radius 2 is 1.17 bits per heavy atom. The molecule has 0 fully saturated rings. The van der Waals surface area contributed by atoms with Crippen molar-refractivity contribution in [3.05, 3.63) is 0 Å². The zero-order valence-corrected chi connectivity index (χ0v) is 9.24. The van der Waals surface area contributed by atoms with Crippen LogP contribution in [0.15, 0.2) is 0 Å². The van der Waals surface area contributed by atoms with E-state index in [9.17, 15) is 4.48 Å². The molecule has 0 aliphatic rings. The molecule has 0 atom stereocenters. The Bertz CT molecular complexity index is 125. The van der Waals surface area contributed by atoms with Gasteiger partial charge in [0.1, 0.15) is 0 Å². The SMILES string of the molecule is CCC(C)(C)N(F)C(C)(C)CC. The molecular weight excluding hydrogens is 153 g/mol. The standard InChI is InChI=1S/C10H22FN/c1-7-9(3,4)12(11)10(5,6)8-2/h7-8H2,1-6H3. The summed E-state index contributed by atoms with van der Waals surface area (Å²) in [6, 6.07) is 0. The lowest BCUT2D eigenvalue weighted by Gasteiger charge is -2.41. The van der Waals surface area contributed by atoms with Crippen LogP contribution in [0.3, 0.4) is 0 Å². The molecule has 0 saturated heterocycles. The van der Waals surface area contributed by atoms with Crippen molar-refractivity contribution in [1.29, 1.82) is 0 Å². The van der Waals surface area contributed by atoms with Crippen LogP contribution in [0.4, 0.5) is 4.48 Å². The minimum Gasteiger partial charge on any atom is -0.135 e. The van der Waals surface area contributed by atoms with E-state index in [1.807, 2.05) is 41.5 Å². The molecule has 0 aliphatic heterocycles. The van der Waals surface area contributed by atoms with Gasteiger partial charge in [-0.3, -0.25) is 0 Å². The summed E-state index contributed by atoms with van der Waals surface area (Å²) in [5.74, 6) is 0. The summed E-state index contributed by atoms with van der Waals surface area (Å²) < 4.78 is 13.8. The van der Waals surface area contributed by atoms with Crippen molar-refractivity contribution in [3.63, 3.8) is 0 Å². The summed E-state index contributed by atoms with van der Waals surface area (Å²) in [5.41, 5.74) is -0.695. The van der Waals surface area contributed by atoms with E-state index < -0.39 is 0 Å². The first-order valence-electron chi connectivity index (χ1n) is 4.74. The monoisotopic (exact) mass is 175 g/mol. The van der Waals surface area contributed by atoms with Crippen LogP contribution in [0.2, 0.25) is 0 Å². The maximum atomic E-state index is 13.8. The fourth-order valence-electron chi connectivity index (χ4n) is 1.10. The van der Waals surface area contributed by atoms with Gasteiger partial charge in [0, 0.05) is 11.1 Å². The molecule has 0 aromatic carbocycles. The average Bonchev–Trinajstić information content (AvgIpc) is 2.03. The maximum Gasteiger partial charge on any atom is 0.0459 e. The molecule has 2 heteroatoms. The smallest absolute Gasteiger partial charge is 0.0459 e. The summed E-state index contributed by atoms with van der Waals surface area (Å²) in [7, 11) is 0. The zero-order valence-electron chi connectivity index (χ0n) is 9.24. The molecular formula is C10H22FN. The number of rotatable bonds is 4. The van der Waals surface area contributed by atoms with E-state index in [1.54, 1.807) is 0 Å². The van der Waals surface area contributed by atoms with Crippen molar-refractivity contribution in [2.75, 3.05) is 0 Å². The highest BCUT2D eigenvalue weighted by Crippen LogP contribution is 2.30. The van der Waals surface area contributed by atoms with Gasteiger partial charge < -0.3 is 0 Å². The Morgan fingerprint density at radius 1 is 0.917 bits per heavy atom. The van der Waals surface area contributed by atoms with Gasteiger partial charge >= 0.3 is 0 Å². The number of hydrogen-bond acceptors (Lipinski definition) is 1. The average molecular weight is 175 g/mol. The Balaban J connectivity index is 4.47. The number of hydrogen-bond donors (Lipinski definition) is 0. The first-order valence-corrected chi connectivity index (χ1v) is 4.74. The van der Waals surface area contributed by atoms with E-state index in [4.69, 9.17) is 0 Å². The van der Waals surface area contributed by atoms with Crippen molar-refractivity contribution in [1.82, 2.24) is 5.12 Å². The molecule has 0 heterocycles. The molecule has 74 valence electrons. The van der Waals surface area contributed by atoms with E-state index in [0.717, 1.165) is 18.0 Å². The highest BCUT2D eigenvalue weighted by atomic mass is 19.2. The summed E-state index contributed by atoms with van der Waals surface area (Å²) in [5, 5.41) is 0.986. The van der Waals surface area contributed by atoms with E-state index >= 15 is 0 Å². The van der Waals surface area contributed by atoms with Crippen molar-refractivity contribution in [2.24, 2.45) is 0 Å². The highest BCUT2D eigenvalue weighted by Gasteiger charge is 2.36. The van der Waals surface area contributed by atoms with E-state index in [1.165, 1.54) is 0 Å². The Morgan fingerprint density at radius 3 is 1.33 bits per heavy atom. The predicted molar refractivity (Wildman–Crippen MR) is 51.7 cm³/mol.